The third-order valence-electron chi connectivity index (χ3n) is 5.85. The summed E-state index contributed by atoms with van der Waals surface area (Å²) in [7, 11) is 1.41. The Bertz CT molecular complexity index is 929. The highest BCUT2D eigenvalue weighted by molar-refractivity contribution is 5.86. The molecule has 7 heteroatoms. The van der Waals surface area contributed by atoms with E-state index in [2.05, 4.69) is 25.7 Å². The van der Waals surface area contributed by atoms with Crippen molar-refractivity contribution < 1.29 is 17.9 Å². The summed E-state index contributed by atoms with van der Waals surface area (Å²) in [6, 6.07) is 5.21. The number of hydrogen-bond acceptors (Lipinski definition) is 3. The molecule has 0 spiro atoms. The molecular formula is C22H29F3N2O2. The van der Waals surface area contributed by atoms with Gasteiger partial charge in [0.15, 0.2) is 0 Å². The topological polar surface area (TPSA) is 34.5 Å². The predicted molar refractivity (Wildman–Crippen MR) is 108 cm³/mol. The van der Waals surface area contributed by atoms with E-state index in [4.69, 9.17) is 4.74 Å². The molecule has 1 saturated heterocycles. The average molecular weight is 410 g/mol. The van der Waals surface area contributed by atoms with Crippen molar-refractivity contribution in [2.24, 2.45) is 5.41 Å². The third-order valence-corrected chi connectivity index (χ3v) is 5.85. The monoisotopic (exact) mass is 410 g/mol. The van der Waals surface area contributed by atoms with Crippen LogP contribution in [0.3, 0.4) is 0 Å². The molecule has 1 aromatic heterocycles. The molecule has 0 radical (unpaired) electrons. The molecular weight excluding hydrogens is 381 g/mol. The van der Waals surface area contributed by atoms with E-state index in [1.807, 2.05) is 0 Å². The Morgan fingerprint density at radius 3 is 2.45 bits per heavy atom. The van der Waals surface area contributed by atoms with E-state index in [1.165, 1.54) is 30.2 Å². The maximum absolute atomic E-state index is 13.3. The average Bonchev–Trinajstić information content (AvgIpc) is 2.65. The molecule has 4 nitrogen and oxygen atoms in total. The van der Waals surface area contributed by atoms with E-state index in [0.29, 0.717) is 30.3 Å². The second kappa shape index (κ2) is 8.01. The molecule has 0 amide bonds. The van der Waals surface area contributed by atoms with Crippen molar-refractivity contribution in [3.63, 3.8) is 0 Å². The zero-order valence-electron chi connectivity index (χ0n) is 17.5. The molecule has 0 aliphatic carbocycles. The first kappa shape index (κ1) is 21.7. The quantitative estimate of drug-likeness (QED) is 0.717. The van der Waals surface area contributed by atoms with E-state index in [0.717, 1.165) is 31.5 Å². The second-order valence-electron chi connectivity index (χ2n) is 8.85. The number of alkyl halides is 3. The lowest BCUT2D eigenvalue weighted by Gasteiger charge is -2.43. The van der Waals surface area contributed by atoms with Gasteiger partial charge in [0.25, 0.3) is 5.56 Å². The molecule has 1 fully saturated rings. The fraction of sp³-hybridized carbons (Fsp3) is 0.591. The summed E-state index contributed by atoms with van der Waals surface area (Å²) >= 11 is 0. The number of methoxy groups -OCH3 is 1. The SMILES string of the molecule is COc1cc(=O)n(CCN2CCCCC2C(C)(C)C)c2cc(C(F)(F)F)ccc12. The van der Waals surface area contributed by atoms with Crippen molar-refractivity contribution >= 4 is 10.9 Å². The zero-order valence-corrected chi connectivity index (χ0v) is 17.5. The Morgan fingerprint density at radius 2 is 1.83 bits per heavy atom. The van der Waals surface area contributed by atoms with E-state index in [1.54, 1.807) is 0 Å². The number of fused-ring (bicyclic) bond motifs is 1. The number of halogens is 3. The maximum atomic E-state index is 13.3. The van der Waals surface area contributed by atoms with Gasteiger partial charge in [0.2, 0.25) is 0 Å². The van der Waals surface area contributed by atoms with E-state index in [9.17, 15) is 18.0 Å². The predicted octanol–water partition coefficient (Wildman–Crippen LogP) is 4.93. The lowest BCUT2D eigenvalue weighted by Crippen LogP contribution is -2.48. The molecule has 2 aromatic rings. The van der Waals surface area contributed by atoms with Crippen molar-refractivity contribution in [3.05, 3.63) is 40.2 Å². The highest BCUT2D eigenvalue weighted by Gasteiger charge is 2.33. The van der Waals surface area contributed by atoms with Crippen LogP contribution in [-0.4, -0.2) is 35.7 Å². The van der Waals surface area contributed by atoms with Crippen molar-refractivity contribution in [1.82, 2.24) is 9.47 Å². The summed E-state index contributed by atoms with van der Waals surface area (Å²) in [5.41, 5.74) is -0.750. The Kier molecular flexibility index (Phi) is 5.99. The minimum Gasteiger partial charge on any atom is -0.496 e. The van der Waals surface area contributed by atoms with Gasteiger partial charge in [-0.2, -0.15) is 13.2 Å². The van der Waals surface area contributed by atoms with Gasteiger partial charge < -0.3 is 9.30 Å². The van der Waals surface area contributed by atoms with Crippen molar-refractivity contribution in [2.45, 2.75) is 58.8 Å². The van der Waals surface area contributed by atoms with Crippen LogP contribution in [0.2, 0.25) is 0 Å². The number of nitrogens with zero attached hydrogens (tertiary/aromatic N) is 2. The van der Waals surface area contributed by atoms with Gasteiger partial charge in [-0.15, -0.1) is 0 Å². The first-order chi connectivity index (χ1) is 13.5. The zero-order chi connectivity index (χ0) is 21.4. The number of aromatic nitrogens is 1. The number of rotatable bonds is 4. The van der Waals surface area contributed by atoms with Crippen molar-refractivity contribution in [3.8, 4) is 5.75 Å². The van der Waals surface area contributed by atoms with Gasteiger partial charge in [-0.05, 0) is 43.0 Å². The molecule has 160 valence electrons. The minimum atomic E-state index is -4.47. The summed E-state index contributed by atoms with van der Waals surface area (Å²) in [6.07, 6.45) is -1.09. The highest BCUT2D eigenvalue weighted by atomic mass is 19.4. The van der Waals surface area contributed by atoms with Gasteiger partial charge in [-0.1, -0.05) is 27.2 Å². The smallest absolute Gasteiger partial charge is 0.416 e. The lowest BCUT2D eigenvalue weighted by molar-refractivity contribution is -0.137. The fourth-order valence-electron chi connectivity index (χ4n) is 4.39. The molecule has 3 rings (SSSR count). The molecule has 1 aromatic carbocycles. The summed E-state index contributed by atoms with van der Waals surface area (Å²) in [6.45, 7) is 8.53. The normalized spacial score (nSPS) is 18.9. The molecule has 1 unspecified atom stereocenters. The van der Waals surface area contributed by atoms with E-state index >= 15 is 0 Å². The minimum absolute atomic E-state index is 0.108. The maximum Gasteiger partial charge on any atom is 0.416 e. The summed E-state index contributed by atoms with van der Waals surface area (Å²) < 4.78 is 46.5. The summed E-state index contributed by atoms with van der Waals surface area (Å²) in [4.78, 5) is 15.1. The first-order valence-electron chi connectivity index (χ1n) is 10.0. The van der Waals surface area contributed by atoms with Crippen LogP contribution < -0.4 is 10.3 Å². The lowest BCUT2D eigenvalue weighted by atomic mass is 9.80. The molecule has 0 N–H and O–H groups in total. The molecule has 1 atom stereocenters. The van der Waals surface area contributed by atoms with Gasteiger partial charge >= 0.3 is 6.18 Å². The molecule has 29 heavy (non-hydrogen) atoms. The first-order valence-corrected chi connectivity index (χ1v) is 10.0. The number of benzene rings is 1. The van der Waals surface area contributed by atoms with Gasteiger partial charge in [0, 0.05) is 30.6 Å². The fourth-order valence-corrected chi connectivity index (χ4v) is 4.39. The highest BCUT2D eigenvalue weighted by Crippen LogP contribution is 2.34. The Labute approximate surface area is 169 Å². The standard InChI is InChI=1S/C22H29F3N2O2/c1-21(2,3)19-7-5-6-10-26(19)11-12-27-17-13-15(22(23,24)25)8-9-16(17)18(29-4)14-20(27)28/h8-9,13-14,19H,5-7,10-12H2,1-4H3. The number of likely N-dealkylation sites (tertiary alicyclic amines) is 1. The van der Waals surface area contributed by atoms with Gasteiger partial charge in [0.1, 0.15) is 5.75 Å². The molecule has 0 saturated carbocycles. The third kappa shape index (κ3) is 4.60. The molecule has 1 aliphatic rings. The van der Waals surface area contributed by atoms with Crippen LogP contribution in [0, 0.1) is 5.41 Å². The van der Waals surface area contributed by atoms with Crippen LogP contribution in [0.15, 0.2) is 29.1 Å². The van der Waals surface area contributed by atoms with Gasteiger partial charge in [-0.25, -0.2) is 0 Å². The Morgan fingerprint density at radius 1 is 1.10 bits per heavy atom. The number of pyridine rings is 1. The van der Waals surface area contributed by atoms with Crippen molar-refractivity contribution in [1.29, 1.82) is 0 Å². The van der Waals surface area contributed by atoms with Gasteiger partial charge in [-0.3, -0.25) is 9.69 Å². The summed E-state index contributed by atoms with van der Waals surface area (Å²) in [5, 5.41) is 0.506. The Balaban J connectivity index is 2.00. The second-order valence-corrected chi connectivity index (χ2v) is 8.85. The molecule has 0 bridgehead atoms. The van der Waals surface area contributed by atoms with E-state index < -0.39 is 11.7 Å². The number of ether oxygens (including phenoxy) is 1. The van der Waals surface area contributed by atoms with Crippen LogP contribution in [0.25, 0.3) is 10.9 Å². The summed E-state index contributed by atoms with van der Waals surface area (Å²) in [5.74, 6) is 0.292. The van der Waals surface area contributed by atoms with E-state index in [-0.39, 0.29) is 16.5 Å². The number of piperidine rings is 1. The molecule has 2 heterocycles. The van der Waals surface area contributed by atoms with Gasteiger partial charge in [0.05, 0.1) is 18.2 Å². The number of hydrogen-bond donors (Lipinski definition) is 0. The van der Waals surface area contributed by atoms with Crippen LogP contribution in [0.5, 0.6) is 5.75 Å². The Hall–Kier alpha value is -2.02. The van der Waals surface area contributed by atoms with Crippen molar-refractivity contribution in [2.75, 3.05) is 20.2 Å². The molecule has 1 aliphatic heterocycles. The van der Waals surface area contributed by atoms with Crippen LogP contribution in [0.4, 0.5) is 13.2 Å². The van der Waals surface area contributed by atoms with Crippen LogP contribution in [0.1, 0.15) is 45.6 Å². The van der Waals surface area contributed by atoms with Crippen LogP contribution in [-0.2, 0) is 12.7 Å². The largest absolute Gasteiger partial charge is 0.496 e. The van der Waals surface area contributed by atoms with Crippen LogP contribution >= 0.6 is 0 Å².